The lowest BCUT2D eigenvalue weighted by Gasteiger charge is -2.41. The quantitative estimate of drug-likeness (QED) is 0.886. The monoisotopic (exact) mass is 267 g/mol. The van der Waals surface area contributed by atoms with Gasteiger partial charge in [0.15, 0.2) is 11.6 Å². The van der Waals surface area contributed by atoms with E-state index in [2.05, 4.69) is 4.90 Å². The first kappa shape index (κ1) is 13.8. The zero-order valence-corrected chi connectivity index (χ0v) is 11.1. The lowest BCUT2D eigenvalue weighted by molar-refractivity contribution is -0.145. The molecule has 0 aliphatic carbocycles. The van der Waals surface area contributed by atoms with Crippen LogP contribution in [-0.2, 0) is 11.3 Å². The summed E-state index contributed by atoms with van der Waals surface area (Å²) in [5.74, 6) is -0.995. The summed E-state index contributed by atoms with van der Waals surface area (Å²) in [5, 5.41) is 8.91. The number of hydrogen-bond acceptors (Lipinski definition) is 3. The molecule has 1 aromatic carbocycles. The third kappa shape index (κ3) is 3.04. The van der Waals surface area contributed by atoms with Gasteiger partial charge in [0.2, 0.25) is 0 Å². The van der Waals surface area contributed by atoms with E-state index in [0.29, 0.717) is 6.54 Å². The predicted molar refractivity (Wildman–Crippen MR) is 68.5 cm³/mol. The molecule has 1 aromatic rings. The molecular formula is C14H18FNO3. The fraction of sp³-hybridized carbons (Fsp3) is 0.500. The number of halogens is 1. The number of ether oxygens (including phenoxy) is 1. The van der Waals surface area contributed by atoms with E-state index >= 15 is 0 Å². The van der Waals surface area contributed by atoms with Crippen LogP contribution in [0, 0.1) is 17.7 Å². The average Bonchev–Trinajstić information content (AvgIpc) is 2.32. The number of benzene rings is 1. The molecule has 0 bridgehead atoms. The van der Waals surface area contributed by atoms with Crippen LogP contribution in [0.1, 0.15) is 12.5 Å². The largest absolute Gasteiger partial charge is 0.494 e. The number of aliphatic carboxylic acids is 1. The molecule has 1 fully saturated rings. The highest BCUT2D eigenvalue weighted by Gasteiger charge is 2.34. The van der Waals surface area contributed by atoms with E-state index in [9.17, 15) is 9.18 Å². The van der Waals surface area contributed by atoms with Crippen LogP contribution in [-0.4, -0.2) is 36.2 Å². The Kier molecular flexibility index (Phi) is 4.04. The standard InChI is InChI=1S/C14H18FNO3/c1-9(14(17)18)11-7-16(8-11)6-10-3-4-13(19-2)12(15)5-10/h3-5,9,11H,6-8H2,1-2H3,(H,17,18). The molecule has 0 radical (unpaired) electrons. The van der Waals surface area contributed by atoms with Gasteiger partial charge >= 0.3 is 5.97 Å². The molecular weight excluding hydrogens is 249 g/mol. The van der Waals surface area contributed by atoms with Crippen molar-refractivity contribution >= 4 is 5.97 Å². The number of carboxylic acid groups (broad SMARTS) is 1. The molecule has 0 aromatic heterocycles. The van der Waals surface area contributed by atoms with Gasteiger partial charge in [-0.2, -0.15) is 0 Å². The van der Waals surface area contributed by atoms with Gasteiger partial charge < -0.3 is 9.84 Å². The van der Waals surface area contributed by atoms with Crippen LogP contribution in [0.3, 0.4) is 0 Å². The van der Waals surface area contributed by atoms with E-state index in [1.165, 1.54) is 13.2 Å². The SMILES string of the molecule is COc1ccc(CN2CC(C(C)C(=O)O)C2)cc1F. The normalized spacial score (nSPS) is 17.8. The summed E-state index contributed by atoms with van der Waals surface area (Å²) in [5.41, 5.74) is 0.875. The van der Waals surface area contributed by atoms with Crippen LogP contribution >= 0.6 is 0 Å². The minimum atomic E-state index is -0.750. The van der Waals surface area contributed by atoms with Crippen molar-refractivity contribution in [2.75, 3.05) is 20.2 Å². The van der Waals surface area contributed by atoms with Gasteiger partial charge in [-0.15, -0.1) is 0 Å². The van der Waals surface area contributed by atoms with E-state index < -0.39 is 5.97 Å². The fourth-order valence-corrected chi connectivity index (χ4v) is 2.32. The maximum absolute atomic E-state index is 13.5. The molecule has 1 aliphatic heterocycles. The third-order valence-corrected chi connectivity index (χ3v) is 3.70. The Morgan fingerprint density at radius 2 is 2.26 bits per heavy atom. The number of methoxy groups -OCH3 is 1. The van der Waals surface area contributed by atoms with Crippen molar-refractivity contribution in [1.82, 2.24) is 4.90 Å². The lowest BCUT2D eigenvalue weighted by Crippen LogP contribution is -2.50. The summed E-state index contributed by atoms with van der Waals surface area (Å²) in [4.78, 5) is 12.9. The Labute approximate surface area is 111 Å². The number of carboxylic acids is 1. The summed E-state index contributed by atoms with van der Waals surface area (Å²) in [6, 6.07) is 4.91. The summed E-state index contributed by atoms with van der Waals surface area (Å²) < 4.78 is 18.4. The van der Waals surface area contributed by atoms with Crippen molar-refractivity contribution in [3.05, 3.63) is 29.6 Å². The van der Waals surface area contributed by atoms with E-state index in [1.54, 1.807) is 13.0 Å². The van der Waals surface area contributed by atoms with Crippen molar-refractivity contribution in [1.29, 1.82) is 0 Å². The van der Waals surface area contributed by atoms with Crippen molar-refractivity contribution in [3.63, 3.8) is 0 Å². The second-order valence-corrected chi connectivity index (χ2v) is 5.05. The maximum Gasteiger partial charge on any atom is 0.306 e. The highest BCUT2D eigenvalue weighted by Crippen LogP contribution is 2.26. The number of hydrogen-bond donors (Lipinski definition) is 1. The minimum Gasteiger partial charge on any atom is -0.494 e. The first-order valence-electron chi connectivity index (χ1n) is 6.29. The van der Waals surface area contributed by atoms with Crippen LogP contribution in [0.5, 0.6) is 5.75 Å². The van der Waals surface area contributed by atoms with Crippen molar-refractivity contribution in [2.45, 2.75) is 13.5 Å². The first-order chi connectivity index (χ1) is 9.01. The number of likely N-dealkylation sites (tertiary alicyclic amines) is 1. The molecule has 2 rings (SSSR count). The molecule has 4 nitrogen and oxygen atoms in total. The van der Waals surface area contributed by atoms with Crippen LogP contribution in [0.2, 0.25) is 0 Å². The Bertz CT molecular complexity index is 472. The van der Waals surface area contributed by atoms with Gasteiger partial charge in [-0.05, 0) is 23.6 Å². The van der Waals surface area contributed by atoms with Crippen molar-refractivity contribution in [2.24, 2.45) is 11.8 Å². The highest BCUT2D eigenvalue weighted by atomic mass is 19.1. The summed E-state index contributed by atoms with van der Waals surface area (Å²) in [6.45, 7) is 3.88. The first-order valence-corrected chi connectivity index (χ1v) is 6.29. The second-order valence-electron chi connectivity index (χ2n) is 5.05. The molecule has 19 heavy (non-hydrogen) atoms. The smallest absolute Gasteiger partial charge is 0.306 e. The molecule has 0 amide bonds. The topological polar surface area (TPSA) is 49.8 Å². The third-order valence-electron chi connectivity index (χ3n) is 3.70. The molecule has 1 unspecified atom stereocenters. The Balaban J connectivity index is 1.88. The molecule has 1 saturated heterocycles. The highest BCUT2D eigenvalue weighted by molar-refractivity contribution is 5.70. The van der Waals surface area contributed by atoms with Crippen molar-refractivity contribution in [3.8, 4) is 5.75 Å². The van der Waals surface area contributed by atoms with Gasteiger partial charge in [-0.3, -0.25) is 9.69 Å². The average molecular weight is 267 g/mol. The zero-order valence-electron chi connectivity index (χ0n) is 11.1. The minimum absolute atomic E-state index is 0.195. The Morgan fingerprint density at radius 1 is 1.58 bits per heavy atom. The van der Waals surface area contributed by atoms with Gasteiger partial charge in [0, 0.05) is 19.6 Å². The van der Waals surface area contributed by atoms with Crippen LogP contribution in [0.15, 0.2) is 18.2 Å². The summed E-state index contributed by atoms with van der Waals surface area (Å²) in [6.07, 6.45) is 0. The zero-order chi connectivity index (χ0) is 14.0. The Morgan fingerprint density at radius 3 is 2.79 bits per heavy atom. The molecule has 1 N–H and O–H groups in total. The van der Waals surface area contributed by atoms with Gasteiger partial charge in [0.05, 0.1) is 13.0 Å². The molecule has 104 valence electrons. The van der Waals surface area contributed by atoms with Crippen LogP contribution in [0.25, 0.3) is 0 Å². The maximum atomic E-state index is 13.5. The molecule has 1 heterocycles. The number of carbonyl (C=O) groups is 1. The number of nitrogens with zero attached hydrogens (tertiary/aromatic N) is 1. The van der Waals surface area contributed by atoms with Gasteiger partial charge in [0.25, 0.3) is 0 Å². The predicted octanol–water partition coefficient (Wildman–Crippen LogP) is 1.99. The van der Waals surface area contributed by atoms with Gasteiger partial charge in [-0.1, -0.05) is 13.0 Å². The van der Waals surface area contributed by atoms with Crippen LogP contribution < -0.4 is 4.74 Å². The molecule has 1 atom stereocenters. The summed E-state index contributed by atoms with van der Waals surface area (Å²) >= 11 is 0. The van der Waals surface area contributed by atoms with E-state index in [4.69, 9.17) is 9.84 Å². The van der Waals surface area contributed by atoms with E-state index in [1.807, 2.05) is 6.07 Å². The Hall–Kier alpha value is -1.62. The van der Waals surface area contributed by atoms with E-state index in [-0.39, 0.29) is 23.4 Å². The lowest BCUT2D eigenvalue weighted by atomic mass is 9.87. The summed E-state index contributed by atoms with van der Waals surface area (Å²) in [7, 11) is 1.44. The molecule has 0 saturated carbocycles. The second kappa shape index (κ2) is 5.57. The van der Waals surface area contributed by atoms with Crippen molar-refractivity contribution < 1.29 is 19.0 Å². The molecule has 5 heteroatoms. The number of rotatable bonds is 5. The van der Waals surface area contributed by atoms with Gasteiger partial charge in [-0.25, -0.2) is 4.39 Å². The van der Waals surface area contributed by atoms with Crippen LogP contribution in [0.4, 0.5) is 4.39 Å². The fourth-order valence-electron chi connectivity index (χ4n) is 2.32. The molecule has 1 aliphatic rings. The van der Waals surface area contributed by atoms with E-state index in [0.717, 1.165) is 18.7 Å². The molecule has 0 spiro atoms. The van der Waals surface area contributed by atoms with Gasteiger partial charge in [0.1, 0.15) is 0 Å².